The molecule has 180 valence electrons. The van der Waals surface area contributed by atoms with Gasteiger partial charge in [-0.05, 0) is 18.9 Å². The Hall–Kier alpha value is -3.24. The molecule has 11 heteroatoms. The first-order chi connectivity index (χ1) is 16.1. The summed E-state index contributed by atoms with van der Waals surface area (Å²) in [6, 6.07) is 4.37. The van der Waals surface area contributed by atoms with Gasteiger partial charge in [0, 0.05) is 45.9 Å². The summed E-state index contributed by atoms with van der Waals surface area (Å²) in [7, 11) is 3.18. The molecule has 0 unspecified atom stereocenters. The fraction of sp³-hybridized carbons (Fsp3) is 0.391. The van der Waals surface area contributed by atoms with E-state index in [-0.39, 0.29) is 34.5 Å². The van der Waals surface area contributed by atoms with Gasteiger partial charge in [-0.1, -0.05) is 23.7 Å². The van der Waals surface area contributed by atoms with Crippen molar-refractivity contribution in [2.45, 2.75) is 38.0 Å². The number of aromatic nitrogens is 1. The molecule has 9 nitrogen and oxygen atoms in total. The van der Waals surface area contributed by atoms with Crippen molar-refractivity contribution in [3.8, 4) is 5.75 Å². The van der Waals surface area contributed by atoms with Crippen molar-refractivity contribution in [3.63, 3.8) is 0 Å². The van der Waals surface area contributed by atoms with Crippen molar-refractivity contribution >= 4 is 29.4 Å². The molecule has 1 aromatic carbocycles. The van der Waals surface area contributed by atoms with E-state index < -0.39 is 40.3 Å². The molecule has 0 saturated heterocycles. The predicted octanol–water partition coefficient (Wildman–Crippen LogP) is 2.09. The minimum Gasteiger partial charge on any atom is -0.420 e. The number of carbonyl (C=O) groups is 3. The zero-order chi connectivity index (χ0) is 24.8. The average molecular weight is 492 g/mol. The molecule has 2 aromatic rings. The Morgan fingerprint density at radius 2 is 2.00 bits per heavy atom. The number of hydrogen-bond donors (Lipinski definition) is 1. The Bertz CT molecular complexity index is 1250. The van der Waals surface area contributed by atoms with Gasteiger partial charge in [0.2, 0.25) is 11.2 Å². The predicted molar refractivity (Wildman–Crippen MR) is 120 cm³/mol. The summed E-state index contributed by atoms with van der Waals surface area (Å²) in [4.78, 5) is 52.4. The van der Waals surface area contributed by atoms with Crippen molar-refractivity contribution in [1.82, 2.24) is 14.8 Å². The molecule has 1 N–H and O–H groups in total. The van der Waals surface area contributed by atoms with E-state index in [1.54, 1.807) is 18.7 Å². The number of esters is 1. The number of hydrogen-bond acceptors (Lipinski definition) is 6. The highest BCUT2D eigenvalue weighted by Gasteiger charge is 2.52. The Labute approximate surface area is 199 Å². The molecule has 0 bridgehead atoms. The number of likely N-dealkylation sites (N-methyl/N-ethyl adjacent to an activating group) is 1. The van der Waals surface area contributed by atoms with Crippen LogP contribution in [0.3, 0.4) is 0 Å². The van der Waals surface area contributed by atoms with Crippen molar-refractivity contribution in [3.05, 3.63) is 62.3 Å². The highest BCUT2D eigenvalue weighted by molar-refractivity contribution is 6.30. The van der Waals surface area contributed by atoms with Gasteiger partial charge < -0.3 is 24.3 Å². The molecular formula is C23H23ClFN3O6. The lowest BCUT2D eigenvalue weighted by Gasteiger charge is -2.53. The van der Waals surface area contributed by atoms with Crippen LogP contribution in [-0.2, 0) is 21.6 Å². The van der Waals surface area contributed by atoms with Crippen molar-refractivity contribution in [1.29, 1.82) is 0 Å². The number of carbonyl (C=O) groups excluding carboxylic acids is 3. The summed E-state index contributed by atoms with van der Waals surface area (Å²) in [6.45, 7) is 1.20. The van der Waals surface area contributed by atoms with Gasteiger partial charge in [0.1, 0.15) is 11.4 Å². The van der Waals surface area contributed by atoms with Crippen molar-refractivity contribution in [2.75, 3.05) is 20.7 Å². The van der Waals surface area contributed by atoms with Crippen LogP contribution in [-0.4, -0.2) is 54.1 Å². The molecular weight excluding hydrogens is 469 g/mol. The molecule has 0 radical (unpaired) electrons. The Morgan fingerprint density at radius 1 is 1.29 bits per heavy atom. The first-order valence-electron chi connectivity index (χ1n) is 10.6. The van der Waals surface area contributed by atoms with E-state index in [0.29, 0.717) is 19.4 Å². The first-order valence-corrected chi connectivity index (χ1v) is 10.9. The van der Waals surface area contributed by atoms with E-state index in [1.165, 1.54) is 29.3 Å². The number of benzene rings is 1. The number of rotatable bonds is 5. The van der Waals surface area contributed by atoms with Crippen LogP contribution in [0, 0.1) is 5.82 Å². The number of pyridine rings is 1. The monoisotopic (exact) mass is 491 g/mol. The molecule has 4 rings (SSSR count). The smallest absolute Gasteiger partial charge is 0.308 e. The number of methoxy groups -OCH3 is 1. The number of fused-ring (bicyclic) bond motifs is 2. The molecule has 2 aliphatic rings. The van der Waals surface area contributed by atoms with E-state index in [0.717, 1.165) is 6.92 Å². The Morgan fingerprint density at radius 3 is 2.65 bits per heavy atom. The lowest BCUT2D eigenvalue weighted by molar-refractivity contribution is -0.132. The molecule has 0 atom stereocenters. The maximum Gasteiger partial charge on any atom is 0.308 e. The van der Waals surface area contributed by atoms with Crippen LogP contribution < -0.4 is 15.5 Å². The number of nitrogens with zero attached hydrogens (tertiary/aromatic N) is 2. The van der Waals surface area contributed by atoms with Gasteiger partial charge in [-0.15, -0.1) is 0 Å². The second-order valence-electron chi connectivity index (χ2n) is 8.56. The molecule has 1 saturated carbocycles. The molecule has 34 heavy (non-hydrogen) atoms. The SMILES string of the molecule is CO[C@H]1C[C@]2(CN(C)C(=O)c3c(OC(C)=O)c(=O)c(C(=O)NCc4cccc(Cl)c4F)cn32)C1. The van der Waals surface area contributed by atoms with E-state index in [1.807, 2.05) is 0 Å². The molecule has 1 spiro atoms. The van der Waals surface area contributed by atoms with Gasteiger partial charge in [0.25, 0.3) is 11.8 Å². The lowest BCUT2D eigenvalue weighted by atomic mass is 9.72. The van der Waals surface area contributed by atoms with Crippen molar-refractivity contribution < 1.29 is 28.2 Å². The van der Waals surface area contributed by atoms with Crippen LogP contribution in [0.2, 0.25) is 5.02 Å². The van der Waals surface area contributed by atoms with Gasteiger partial charge in [-0.2, -0.15) is 0 Å². The van der Waals surface area contributed by atoms with E-state index in [9.17, 15) is 23.6 Å². The van der Waals surface area contributed by atoms with Gasteiger partial charge in [-0.3, -0.25) is 19.2 Å². The summed E-state index contributed by atoms with van der Waals surface area (Å²) in [5.74, 6) is -3.31. The third-order valence-corrected chi connectivity index (χ3v) is 6.56. The first kappa shape index (κ1) is 23.9. The second kappa shape index (κ2) is 8.84. The number of nitrogens with one attached hydrogen (secondary N) is 1. The molecule has 1 aliphatic carbocycles. The Kier molecular flexibility index (Phi) is 6.22. The minimum absolute atomic E-state index is 0.0610. The van der Waals surface area contributed by atoms with Gasteiger partial charge in [0.15, 0.2) is 5.69 Å². The topological polar surface area (TPSA) is 107 Å². The van der Waals surface area contributed by atoms with Crippen molar-refractivity contribution in [2.24, 2.45) is 0 Å². The normalized spacial score (nSPS) is 21.1. The summed E-state index contributed by atoms with van der Waals surface area (Å²) < 4.78 is 26.3. The quantitative estimate of drug-likeness (QED) is 0.642. The summed E-state index contributed by atoms with van der Waals surface area (Å²) >= 11 is 5.79. The molecule has 2 heterocycles. The van der Waals surface area contributed by atoms with Crippen LogP contribution >= 0.6 is 11.6 Å². The zero-order valence-electron chi connectivity index (χ0n) is 18.8. The van der Waals surface area contributed by atoms with Gasteiger partial charge in [-0.25, -0.2) is 4.39 Å². The highest BCUT2D eigenvalue weighted by Crippen LogP contribution is 2.45. The van der Waals surface area contributed by atoms with E-state index in [4.69, 9.17) is 21.1 Å². The van der Waals surface area contributed by atoms with Crippen LogP contribution in [0.4, 0.5) is 4.39 Å². The second-order valence-corrected chi connectivity index (χ2v) is 8.97. The third kappa shape index (κ3) is 3.97. The van der Waals surface area contributed by atoms with Gasteiger partial charge >= 0.3 is 5.97 Å². The number of amides is 2. The van der Waals surface area contributed by atoms with Crippen LogP contribution in [0.15, 0.2) is 29.2 Å². The molecule has 1 aliphatic heterocycles. The highest BCUT2D eigenvalue weighted by atomic mass is 35.5. The number of halogens is 2. The fourth-order valence-corrected chi connectivity index (χ4v) is 4.77. The standard InChI is InChI=1S/C23H23ClFN3O6/c1-12(29)34-20-18-22(32)27(2)11-23(7-14(8-23)33-3)28(18)10-15(19(20)30)21(31)26-9-13-5-4-6-16(24)17(13)25/h4-6,10,14H,7-9,11H2,1-3H3,(H,26,31)/t14-,23+. The third-order valence-electron chi connectivity index (χ3n) is 6.27. The molecule has 2 amide bonds. The minimum atomic E-state index is -0.910. The van der Waals surface area contributed by atoms with Crippen LogP contribution in [0.25, 0.3) is 0 Å². The van der Waals surface area contributed by atoms with Crippen LogP contribution in [0.1, 0.15) is 46.2 Å². The summed E-state index contributed by atoms with van der Waals surface area (Å²) in [6.07, 6.45) is 2.32. The molecule has 1 aromatic heterocycles. The largest absolute Gasteiger partial charge is 0.420 e. The molecule has 1 fully saturated rings. The summed E-state index contributed by atoms with van der Waals surface area (Å²) in [5, 5.41) is 2.41. The lowest BCUT2D eigenvalue weighted by Crippen LogP contribution is -2.61. The number of ether oxygens (including phenoxy) is 2. The Balaban J connectivity index is 1.78. The van der Waals surface area contributed by atoms with E-state index in [2.05, 4.69) is 5.32 Å². The maximum absolute atomic E-state index is 14.2. The summed E-state index contributed by atoms with van der Waals surface area (Å²) in [5.41, 5.74) is -1.84. The zero-order valence-corrected chi connectivity index (χ0v) is 19.6. The van der Waals surface area contributed by atoms with E-state index >= 15 is 0 Å². The fourth-order valence-electron chi connectivity index (χ4n) is 4.57. The maximum atomic E-state index is 14.2. The average Bonchev–Trinajstić information content (AvgIpc) is 2.76. The van der Waals surface area contributed by atoms with Crippen LogP contribution in [0.5, 0.6) is 5.75 Å². The van der Waals surface area contributed by atoms with Gasteiger partial charge in [0.05, 0.1) is 16.7 Å².